The van der Waals surface area contributed by atoms with E-state index in [1.807, 2.05) is 43.3 Å². The number of ether oxygens (including phenoxy) is 1. The first kappa shape index (κ1) is 23.7. The summed E-state index contributed by atoms with van der Waals surface area (Å²) in [6, 6.07) is 17.2. The summed E-state index contributed by atoms with van der Waals surface area (Å²) in [6.45, 7) is 7.05. The summed E-state index contributed by atoms with van der Waals surface area (Å²) in [7, 11) is -3.60. The lowest BCUT2D eigenvalue weighted by molar-refractivity contribution is 0.0719. The molecule has 2 atom stereocenters. The molecule has 2 aromatic carbocycles. The summed E-state index contributed by atoms with van der Waals surface area (Å²) < 4.78 is 35.7. The minimum Gasteiger partial charge on any atom is -0.377 e. The first-order chi connectivity index (χ1) is 15.0. The predicted octanol–water partition coefficient (Wildman–Crippen LogP) is 5.78. The van der Waals surface area contributed by atoms with Crippen molar-refractivity contribution >= 4 is 10.0 Å². The Morgan fingerprint density at radius 2 is 1.87 bits per heavy atom. The quantitative estimate of drug-likeness (QED) is 0.355. The van der Waals surface area contributed by atoms with E-state index in [4.69, 9.17) is 4.74 Å². The molecular formula is C26H35NO3S. The Balaban J connectivity index is 1.72. The number of nitrogens with one attached hydrogen (secondary N) is 1. The molecule has 31 heavy (non-hydrogen) atoms. The SMILES string of the molecule is C=CCC[C@@]1(NS(=O)(=O)c2ccc(C)cc2)CCCC[C@H]1CCOCc1ccccc1. The molecule has 0 radical (unpaired) electrons. The van der Waals surface area contributed by atoms with Gasteiger partial charge in [-0.2, -0.15) is 0 Å². The first-order valence-corrected chi connectivity index (χ1v) is 12.8. The lowest BCUT2D eigenvalue weighted by atomic mass is 9.69. The van der Waals surface area contributed by atoms with Gasteiger partial charge in [0.2, 0.25) is 10.0 Å². The van der Waals surface area contributed by atoms with Crippen molar-refractivity contribution in [3.63, 3.8) is 0 Å². The molecule has 0 heterocycles. The van der Waals surface area contributed by atoms with Crippen molar-refractivity contribution in [2.75, 3.05) is 6.61 Å². The van der Waals surface area contributed by atoms with Gasteiger partial charge in [-0.05, 0) is 62.6 Å². The zero-order valence-corrected chi connectivity index (χ0v) is 19.4. The van der Waals surface area contributed by atoms with Crippen LogP contribution in [0.2, 0.25) is 0 Å². The molecule has 0 unspecified atom stereocenters. The topological polar surface area (TPSA) is 55.4 Å². The van der Waals surface area contributed by atoms with Gasteiger partial charge in [0.05, 0.1) is 11.5 Å². The fourth-order valence-electron chi connectivity index (χ4n) is 4.64. The van der Waals surface area contributed by atoms with Crippen LogP contribution in [-0.2, 0) is 21.4 Å². The van der Waals surface area contributed by atoms with Gasteiger partial charge in [-0.15, -0.1) is 6.58 Å². The maximum atomic E-state index is 13.3. The van der Waals surface area contributed by atoms with Gasteiger partial charge in [-0.25, -0.2) is 13.1 Å². The Kier molecular flexibility index (Phi) is 8.47. The molecular weight excluding hydrogens is 406 g/mol. The lowest BCUT2D eigenvalue weighted by Crippen LogP contribution is -2.55. The van der Waals surface area contributed by atoms with Crippen molar-refractivity contribution in [1.82, 2.24) is 4.72 Å². The minimum atomic E-state index is -3.60. The van der Waals surface area contributed by atoms with E-state index in [0.717, 1.165) is 56.1 Å². The van der Waals surface area contributed by atoms with E-state index in [0.29, 0.717) is 18.1 Å². The van der Waals surface area contributed by atoms with Gasteiger partial charge in [0.1, 0.15) is 0 Å². The van der Waals surface area contributed by atoms with Crippen molar-refractivity contribution in [2.24, 2.45) is 5.92 Å². The largest absolute Gasteiger partial charge is 0.377 e. The van der Waals surface area contributed by atoms with Crippen LogP contribution in [0.1, 0.15) is 56.1 Å². The Bertz CT molecular complexity index is 925. The molecule has 168 valence electrons. The fourth-order valence-corrected chi connectivity index (χ4v) is 6.16. The van der Waals surface area contributed by atoms with E-state index in [9.17, 15) is 8.42 Å². The molecule has 0 bridgehead atoms. The standard InChI is InChI=1S/C26H35NO3S/c1-3-4-18-26(27-31(28,29)25-15-13-22(2)14-16-25)19-9-8-12-24(26)17-20-30-21-23-10-6-5-7-11-23/h3,5-7,10-11,13-16,24,27H,1,4,8-9,12,17-21H2,2H3/t24-,26+/m0/s1. The van der Waals surface area contributed by atoms with Crippen LogP contribution in [0, 0.1) is 12.8 Å². The highest BCUT2D eigenvalue weighted by Gasteiger charge is 2.42. The van der Waals surface area contributed by atoms with Crippen molar-refractivity contribution in [2.45, 2.75) is 68.9 Å². The molecule has 3 rings (SSSR count). The second-order valence-electron chi connectivity index (χ2n) is 8.67. The summed E-state index contributed by atoms with van der Waals surface area (Å²) in [5.74, 6) is 0.247. The lowest BCUT2D eigenvalue weighted by Gasteiger charge is -2.45. The van der Waals surface area contributed by atoms with Crippen LogP contribution in [-0.4, -0.2) is 20.6 Å². The van der Waals surface area contributed by atoms with Crippen molar-refractivity contribution in [1.29, 1.82) is 0 Å². The average Bonchev–Trinajstić information content (AvgIpc) is 2.77. The van der Waals surface area contributed by atoms with E-state index in [2.05, 4.69) is 23.4 Å². The Morgan fingerprint density at radius 3 is 2.58 bits per heavy atom. The van der Waals surface area contributed by atoms with Crippen LogP contribution < -0.4 is 4.72 Å². The van der Waals surface area contributed by atoms with Crippen LogP contribution in [0.15, 0.2) is 72.1 Å². The van der Waals surface area contributed by atoms with Crippen LogP contribution in [0.4, 0.5) is 0 Å². The Morgan fingerprint density at radius 1 is 1.13 bits per heavy atom. The third kappa shape index (κ3) is 6.52. The second kappa shape index (κ2) is 11.1. The Hall–Kier alpha value is -1.95. The van der Waals surface area contributed by atoms with E-state index in [-0.39, 0.29) is 5.92 Å². The molecule has 0 saturated heterocycles. The molecule has 1 saturated carbocycles. The third-order valence-electron chi connectivity index (χ3n) is 6.39. The monoisotopic (exact) mass is 441 g/mol. The van der Waals surface area contributed by atoms with Crippen molar-refractivity contribution in [3.8, 4) is 0 Å². The van der Waals surface area contributed by atoms with Crippen molar-refractivity contribution in [3.05, 3.63) is 78.4 Å². The number of hydrogen-bond acceptors (Lipinski definition) is 3. The van der Waals surface area contributed by atoms with E-state index >= 15 is 0 Å². The van der Waals surface area contributed by atoms with E-state index in [1.165, 1.54) is 0 Å². The van der Waals surface area contributed by atoms with Gasteiger partial charge < -0.3 is 4.74 Å². The zero-order valence-electron chi connectivity index (χ0n) is 18.6. The van der Waals surface area contributed by atoms with Gasteiger partial charge >= 0.3 is 0 Å². The highest BCUT2D eigenvalue weighted by atomic mass is 32.2. The molecule has 4 nitrogen and oxygen atoms in total. The first-order valence-electron chi connectivity index (χ1n) is 11.3. The summed E-state index contributed by atoms with van der Waals surface area (Å²) in [5, 5.41) is 0. The van der Waals surface area contributed by atoms with Crippen LogP contribution in [0.25, 0.3) is 0 Å². The van der Waals surface area contributed by atoms with Crippen LogP contribution in [0.5, 0.6) is 0 Å². The molecule has 1 fully saturated rings. The number of benzene rings is 2. The molecule has 0 aliphatic heterocycles. The van der Waals surface area contributed by atoms with Gasteiger partial charge in [0.15, 0.2) is 0 Å². The smallest absolute Gasteiger partial charge is 0.241 e. The van der Waals surface area contributed by atoms with Crippen LogP contribution in [0.3, 0.4) is 0 Å². The number of hydrogen-bond donors (Lipinski definition) is 1. The second-order valence-corrected chi connectivity index (χ2v) is 10.4. The average molecular weight is 442 g/mol. The number of rotatable bonds is 11. The molecule has 0 spiro atoms. The molecule has 1 aliphatic rings. The van der Waals surface area contributed by atoms with E-state index in [1.54, 1.807) is 12.1 Å². The molecule has 0 aromatic heterocycles. The summed E-state index contributed by atoms with van der Waals surface area (Å²) in [6.07, 6.45) is 8.33. The van der Waals surface area contributed by atoms with Gasteiger partial charge in [0, 0.05) is 12.1 Å². The maximum absolute atomic E-state index is 13.3. The summed E-state index contributed by atoms with van der Waals surface area (Å²) >= 11 is 0. The fraction of sp³-hybridized carbons (Fsp3) is 0.462. The van der Waals surface area contributed by atoms with Crippen LogP contribution >= 0.6 is 0 Å². The molecule has 1 aliphatic carbocycles. The molecule has 2 aromatic rings. The van der Waals surface area contributed by atoms with Gasteiger partial charge in [-0.3, -0.25) is 0 Å². The highest BCUT2D eigenvalue weighted by Crippen LogP contribution is 2.40. The zero-order chi connectivity index (χ0) is 22.2. The molecule has 1 N–H and O–H groups in total. The summed E-state index contributed by atoms with van der Waals surface area (Å²) in [5.41, 5.74) is 1.75. The normalized spacial score (nSPS) is 21.6. The number of aryl methyl sites for hydroxylation is 1. The predicted molar refractivity (Wildman–Crippen MR) is 126 cm³/mol. The highest BCUT2D eigenvalue weighted by molar-refractivity contribution is 7.89. The Labute approximate surface area is 187 Å². The van der Waals surface area contributed by atoms with Gasteiger partial charge in [0.25, 0.3) is 0 Å². The number of allylic oxidation sites excluding steroid dienone is 1. The summed E-state index contributed by atoms with van der Waals surface area (Å²) in [4.78, 5) is 0.334. The maximum Gasteiger partial charge on any atom is 0.241 e. The van der Waals surface area contributed by atoms with E-state index < -0.39 is 15.6 Å². The van der Waals surface area contributed by atoms with Gasteiger partial charge in [-0.1, -0.05) is 66.9 Å². The minimum absolute atomic E-state index is 0.247. The molecule has 5 heteroatoms. The van der Waals surface area contributed by atoms with Crippen molar-refractivity contribution < 1.29 is 13.2 Å². The third-order valence-corrected chi connectivity index (χ3v) is 7.96. The number of sulfonamides is 1. The molecule has 0 amide bonds.